The molecule has 0 aromatic heterocycles. The molecule has 1 aromatic carbocycles. The zero-order chi connectivity index (χ0) is 15.5. The van der Waals surface area contributed by atoms with Crippen molar-refractivity contribution in [1.29, 1.82) is 0 Å². The lowest BCUT2D eigenvalue weighted by Crippen LogP contribution is -2.48. The molecule has 1 fully saturated rings. The van der Waals surface area contributed by atoms with Crippen molar-refractivity contribution in [2.75, 3.05) is 40.4 Å². The minimum Gasteiger partial charge on any atom is -0.493 e. The monoisotopic (exact) mass is 292 g/mol. The summed E-state index contributed by atoms with van der Waals surface area (Å²) in [6, 6.07) is 6.49. The van der Waals surface area contributed by atoms with Crippen molar-refractivity contribution < 1.29 is 9.47 Å². The second kappa shape index (κ2) is 6.67. The number of methoxy groups -OCH3 is 2. The van der Waals surface area contributed by atoms with Crippen LogP contribution in [0.4, 0.5) is 0 Å². The highest BCUT2D eigenvalue weighted by atomic mass is 16.5. The molecule has 1 N–H and O–H groups in total. The highest BCUT2D eigenvalue weighted by molar-refractivity contribution is 5.48. The number of para-hydroxylation sites is 1. The Hall–Kier alpha value is -1.26. The molecular formula is C17H28N2O2. The number of hydrogen-bond acceptors (Lipinski definition) is 4. The minimum atomic E-state index is 0.122. The zero-order valence-corrected chi connectivity index (χ0v) is 13.9. The molecule has 21 heavy (non-hydrogen) atoms. The first-order chi connectivity index (χ1) is 9.99. The SMILES string of the molecule is COc1cccc([C@@H](N2CCNCC2)C(C)(C)C)c1OC. The molecule has 1 aromatic rings. The number of benzene rings is 1. The minimum absolute atomic E-state index is 0.122. The molecule has 4 heteroatoms. The summed E-state index contributed by atoms with van der Waals surface area (Å²) in [5.41, 5.74) is 1.34. The van der Waals surface area contributed by atoms with Crippen molar-refractivity contribution in [3.8, 4) is 11.5 Å². The van der Waals surface area contributed by atoms with Crippen molar-refractivity contribution in [3.63, 3.8) is 0 Å². The first-order valence-electron chi connectivity index (χ1n) is 7.64. The van der Waals surface area contributed by atoms with Gasteiger partial charge in [-0.2, -0.15) is 0 Å². The van der Waals surface area contributed by atoms with Crippen LogP contribution in [0.5, 0.6) is 11.5 Å². The summed E-state index contributed by atoms with van der Waals surface area (Å²) in [7, 11) is 3.41. The quantitative estimate of drug-likeness (QED) is 0.925. The molecule has 4 nitrogen and oxygen atoms in total. The summed E-state index contributed by atoms with van der Waals surface area (Å²) >= 11 is 0. The topological polar surface area (TPSA) is 33.7 Å². The normalized spacial score (nSPS) is 18.3. The van der Waals surface area contributed by atoms with E-state index in [1.54, 1.807) is 14.2 Å². The van der Waals surface area contributed by atoms with Gasteiger partial charge in [0.1, 0.15) is 0 Å². The van der Waals surface area contributed by atoms with Crippen LogP contribution in [0.3, 0.4) is 0 Å². The van der Waals surface area contributed by atoms with Crippen LogP contribution < -0.4 is 14.8 Å². The summed E-state index contributed by atoms with van der Waals surface area (Å²) < 4.78 is 11.1. The molecule has 0 radical (unpaired) electrons. The fourth-order valence-corrected chi connectivity index (χ4v) is 3.28. The van der Waals surface area contributed by atoms with Gasteiger partial charge in [-0.25, -0.2) is 0 Å². The Balaban J connectivity index is 2.46. The molecular weight excluding hydrogens is 264 g/mol. The fourth-order valence-electron chi connectivity index (χ4n) is 3.28. The van der Waals surface area contributed by atoms with Gasteiger partial charge in [0.2, 0.25) is 0 Å². The third kappa shape index (κ3) is 3.50. The molecule has 1 heterocycles. The molecule has 0 unspecified atom stereocenters. The summed E-state index contributed by atoms with van der Waals surface area (Å²) in [5.74, 6) is 1.66. The molecule has 2 rings (SSSR count). The highest BCUT2D eigenvalue weighted by Gasteiger charge is 2.35. The second-order valence-corrected chi connectivity index (χ2v) is 6.64. The Labute approximate surface area is 128 Å². The van der Waals surface area contributed by atoms with Crippen molar-refractivity contribution in [2.24, 2.45) is 5.41 Å². The van der Waals surface area contributed by atoms with Gasteiger partial charge in [0.15, 0.2) is 11.5 Å². The maximum atomic E-state index is 5.67. The molecule has 1 atom stereocenters. The Morgan fingerprint density at radius 3 is 2.29 bits per heavy atom. The predicted molar refractivity (Wildman–Crippen MR) is 86.2 cm³/mol. The van der Waals surface area contributed by atoms with E-state index in [4.69, 9.17) is 9.47 Å². The Morgan fingerprint density at radius 2 is 1.76 bits per heavy atom. The van der Waals surface area contributed by atoms with E-state index in [1.807, 2.05) is 6.07 Å². The molecule has 1 saturated heterocycles. The van der Waals surface area contributed by atoms with Gasteiger partial charge in [0, 0.05) is 37.8 Å². The summed E-state index contributed by atoms with van der Waals surface area (Å²) in [5, 5.41) is 3.43. The van der Waals surface area contributed by atoms with Crippen LogP contribution >= 0.6 is 0 Å². The largest absolute Gasteiger partial charge is 0.493 e. The number of ether oxygens (including phenoxy) is 2. The van der Waals surface area contributed by atoms with E-state index in [0.29, 0.717) is 6.04 Å². The van der Waals surface area contributed by atoms with Gasteiger partial charge in [0.05, 0.1) is 14.2 Å². The summed E-state index contributed by atoms with van der Waals surface area (Å²) in [4.78, 5) is 2.55. The van der Waals surface area contributed by atoms with E-state index in [0.717, 1.165) is 37.7 Å². The first-order valence-corrected chi connectivity index (χ1v) is 7.64. The second-order valence-electron chi connectivity index (χ2n) is 6.64. The third-order valence-electron chi connectivity index (χ3n) is 4.07. The molecule has 118 valence electrons. The van der Waals surface area contributed by atoms with E-state index in [2.05, 4.69) is 43.1 Å². The third-order valence-corrected chi connectivity index (χ3v) is 4.07. The molecule has 0 aliphatic carbocycles. The summed E-state index contributed by atoms with van der Waals surface area (Å²) in [6.07, 6.45) is 0. The zero-order valence-electron chi connectivity index (χ0n) is 13.9. The predicted octanol–water partition coefficient (Wildman–Crippen LogP) is 2.70. The molecule has 1 aliphatic rings. The lowest BCUT2D eigenvalue weighted by atomic mass is 9.80. The van der Waals surface area contributed by atoms with Gasteiger partial charge >= 0.3 is 0 Å². The Morgan fingerprint density at radius 1 is 1.10 bits per heavy atom. The van der Waals surface area contributed by atoms with Gasteiger partial charge in [0.25, 0.3) is 0 Å². The molecule has 1 aliphatic heterocycles. The van der Waals surface area contributed by atoms with Gasteiger partial charge in [-0.05, 0) is 11.5 Å². The van der Waals surface area contributed by atoms with E-state index < -0.39 is 0 Å². The van der Waals surface area contributed by atoms with Crippen LogP contribution in [0.25, 0.3) is 0 Å². The average molecular weight is 292 g/mol. The molecule has 0 bridgehead atoms. The van der Waals surface area contributed by atoms with Gasteiger partial charge in [-0.1, -0.05) is 32.9 Å². The van der Waals surface area contributed by atoms with Gasteiger partial charge < -0.3 is 14.8 Å². The van der Waals surface area contributed by atoms with Crippen LogP contribution in [0, 0.1) is 5.41 Å². The van der Waals surface area contributed by atoms with E-state index in [9.17, 15) is 0 Å². The number of hydrogen-bond donors (Lipinski definition) is 1. The smallest absolute Gasteiger partial charge is 0.165 e. The standard InChI is InChI=1S/C17H28N2O2/c1-17(2,3)16(19-11-9-18-10-12-19)13-7-6-8-14(20-4)15(13)21-5/h6-8,16,18H,9-12H2,1-5H3/t16-/m1/s1. The lowest BCUT2D eigenvalue weighted by Gasteiger charge is -2.43. The Bertz CT molecular complexity index is 462. The summed E-state index contributed by atoms with van der Waals surface area (Å²) in [6.45, 7) is 11.1. The van der Waals surface area contributed by atoms with Crippen LogP contribution in [0.2, 0.25) is 0 Å². The number of rotatable bonds is 4. The maximum absolute atomic E-state index is 5.67. The van der Waals surface area contributed by atoms with Crippen LogP contribution in [0.15, 0.2) is 18.2 Å². The first kappa shape index (κ1) is 16.1. The average Bonchev–Trinajstić information content (AvgIpc) is 2.46. The van der Waals surface area contributed by atoms with Crippen molar-refractivity contribution in [1.82, 2.24) is 10.2 Å². The maximum Gasteiger partial charge on any atom is 0.165 e. The van der Waals surface area contributed by atoms with Crippen molar-refractivity contribution in [3.05, 3.63) is 23.8 Å². The molecule has 0 saturated carbocycles. The van der Waals surface area contributed by atoms with Crippen LogP contribution in [-0.2, 0) is 0 Å². The molecule has 0 spiro atoms. The van der Waals surface area contributed by atoms with Gasteiger partial charge in [-0.3, -0.25) is 4.90 Å². The number of nitrogens with zero attached hydrogens (tertiary/aromatic N) is 1. The van der Waals surface area contributed by atoms with Crippen molar-refractivity contribution >= 4 is 0 Å². The fraction of sp³-hybridized carbons (Fsp3) is 0.647. The number of nitrogens with one attached hydrogen (secondary N) is 1. The van der Waals surface area contributed by atoms with E-state index in [1.165, 1.54) is 5.56 Å². The van der Waals surface area contributed by atoms with Crippen LogP contribution in [-0.4, -0.2) is 45.3 Å². The number of piperazine rings is 1. The lowest BCUT2D eigenvalue weighted by molar-refractivity contribution is 0.0838. The highest BCUT2D eigenvalue weighted by Crippen LogP contribution is 2.44. The van der Waals surface area contributed by atoms with Gasteiger partial charge in [-0.15, -0.1) is 0 Å². The van der Waals surface area contributed by atoms with Crippen LogP contribution in [0.1, 0.15) is 32.4 Å². The van der Waals surface area contributed by atoms with E-state index in [-0.39, 0.29) is 5.41 Å². The van der Waals surface area contributed by atoms with E-state index >= 15 is 0 Å². The Kier molecular flexibility index (Phi) is 5.12. The molecule has 0 amide bonds. The van der Waals surface area contributed by atoms with Crippen molar-refractivity contribution in [2.45, 2.75) is 26.8 Å².